The van der Waals surface area contributed by atoms with Crippen LogP contribution in [0.4, 0.5) is 24.8 Å². The molecule has 1 saturated carbocycles. The maximum absolute atomic E-state index is 13.0. The number of nitrogens with zero attached hydrogens (tertiary/aromatic N) is 4. The van der Waals surface area contributed by atoms with Gasteiger partial charge in [0.05, 0.1) is 5.56 Å². The van der Waals surface area contributed by atoms with Gasteiger partial charge in [0, 0.05) is 48.3 Å². The summed E-state index contributed by atoms with van der Waals surface area (Å²) < 4.78 is 46.6. The number of halogens is 3. The van der Waals surface area contributed by atoms with Crippen molar-refractivity contribution < 1.29 is 27.5 Å². The van der Waals surface area contributed by atoms with Gasteiger partial charge in [-0.2, -0.15) is 13.2 Å². The van der Waals surface area contributed by atoms with Gasteiger partial charge in [-0.05, 0) is 56.4 Å². The first kappa shape index (κ1) is 28.6. The third-order valence-electron chi connectivity index (χ3n) is 7.97. The van der Waals surface area contributed by atoms with Crippen molar-refractivity contribution in [3.05, 3.63) is 71.9 Å². The van der Waals surface area contributed by atoms with E-state index in [9.17, 15) is 22.8 Å². The summed E-state index contributed by atoms with van der Waals surface area (Å²) in [5.41, 5.74) is 7.56. The highest BCUT2D eigenvalue weighted by Gasteiger charge is 2.32. The Labute approximate surface area is 244 Å². The highest BCUT2D eigenvalue weighted by Crippen LogP contribution is 2.37. The van der Waals surface area contributed by atoms with Crippen molar-refractivity contribution >= 4 is 29.0 Å². The SMILES string of the molecule is Nc1nccn2c([C@H]3CCC[C@H](NC(=O)C4CCCO4)C3)nc(-c3ccc(C(=O)Nc4cc(C(F)(F)F)ccn4)cc3)c12. The Bertz CT molecular complexity index is 1650. The number of aromatic nitrogens is 4. The number of carbonyl (C=O) groups is 2. The average molecular weight is 594 g/mol. The lowest BCUT2D eigenvalue weighted by atomic mass is 9.85. The molecular formula is C30H30F3N7O3. The van der Waals surface area contributed by atoms with Gasteiger partial charge in [0.15, 0.2) is 0 Å². The number of imidazole rings is 1. The molecule has 1 aliphatic carbocycles. The molecule has 43 heavy (non-hydrogen) atoms. The van der Waals surface area contributed by atoms with E-state index in [-0.39, 0.29) is 35.4 Å². The third kappa shape index (κ3) is 6.03. The van der Waals surface area contributed by atoms with Crippen LogP contribution in [0.25, 0.3) is 16.8 Å². The van der Waals surface area contributed by atoms with Crippen LogP contribution in [0.15, 0.2) is 55.0 Å². The number of anilines is 2. The Hall–Kier alpha value is -4.52. The van der Waals surface area contributed by atoms with Crippen LogP contribution >= 0.6 is 0 Å². The maximum atomic E-state index is 13.0. The van der Waals surface area contributed by atoms with Crippen LogP contribution in [0.2, 0.25) is 0 Å². The molecule has 1 unspecified atom stereocenters. The smallest absolute Gasteiger partial charge is 0.382 e. The number of fused-ring (bicyclic) bond motifs is 1. The number of pyridine rings is 1. The zero-order valence-corrected chi connectivity index (χ0v) is 23.1. The Morgan fingerprint density at radius 1 is 1.02 bits per heavy atom. The lowest BCUT2D eigenvalue weighted by Gasteiger charge is -2.29. The molecule has 6 rings (SSSR count). The molecule has 2 amide bonds. The number of benzene rings is 1. The Morgan fingerprint density at radius 3 is 2.58 bits per heavy atom. The first-order chi connectivity index (χ1) is 20.7. The van der Waals surface area contributed by atoms with Gasteiger partial charge in [0.2, 0.25) is 5.91 Å². The number of hydrogen-bond donors (Lipinski definition) is 3. The molecule has 10 nitrogen and oxygen atoms in total. The molecule has 3 atom stereocenters. The van der Waals surface area contributed by atoms with E-state index in [0.717, 1.165) is 62.7 Å². The number of nitrogen functional groups attached to an aromatic ring is 1. The van der Waals surface area contributed by atoms with E-state index in [4.69, 9.17) is 15.5 Å². The Morgan fingerprint density at radius 2 is 1.84 bits per heavy atom. The largest absolute Gasteiger partial charge is 0.416 e. The number of nitrogens with two attached hydrogens (primary N) is 1. The van der Waals surface area contributed by atoms with Gasteiger partial charge < -0.3 is 21.1 Å². The molecular weight excluding hydrogens is 563 g/mol. The molecule has 0 radical (unpaired) electrons. The molecule has 4 aromatic rings. The van der Waals surface area contributed by atoms with Gasteiger partial charge in [0.1, 0.15) is 34.8 Å². The van der Waals surface area contributed by atoms with Crippen LogP contribution < -0.4 is 16.4 Å². The van der Waals surface area contributed by atoms with E-state index >= 15 is 0 Å². The Kier molecular flexibility index (Phi) is 7.74. The Balaban J connectivity index is 1.23. The molecule has 0 bridgehead atoms. The summed E-state index contributed by atoms with van der Waals surface area (Å²) in [7, 11) is 0. The summed E-state index contributed by atoms with van der Waals surface area (Å²) in [5.74, 6) is 0.314. The standard InChI is InChI=1S/C30H30F3N7O3/c31-30(32,33)20-10-11-35-23(16-20)38-28(41)18-8-6-17(7-9-18)24-25-26(34)36-12-13-40(25)27(39-24)19-3-1-4-21(15-19)37-29(42)22-5-2-14-43-22/h6-13,16,19,21-22H,1-5,14-15H2,(H2,34,36)(H,37,42)(H,35,38,41)/t19-,21-,22?/m0/s1. The molecule has 1 saturated heterocycles. The highest BCUT2D eigenvalue weighted by atomic mass is 19.4. The van der Waals surface area contributed by atoms with Gasteiger partial charge in [0.25, 0.3) is 5.91 Å². The van der Waals surface area contributed by atoms with Crippen LogP contribution in [0.3, 0.4) is 0 Å². The second-order valence-corrected chi connectivity index (χ2v) is 10.9. The number of alkyl halides is 3. The fraction of sp³-hybridized carbons (Fsp3) is 0.367. The third-order valence-corrected chi connectivity index (χ3v) is 7.97. The molecule has 1 aromatic carbocycles. The van der Waals surface area contributed by atoms with E-state index in [1.165, 1.54) is 0 Å². The fourth-order valence-corrected chi connectivity index (χ4v) is 5.85. The summed E-state index contributed by atoms with van der Waals surface area (Å²) in [6, 6.07) is 8.17. The van der Waals surface area contributed by atoms with Crippen LogP contribution in [0, 0.1) is 0 Å². The van der Waals surface area contributed by atoms with Crippen molar-refractivity contribution in [1.29, 1.82) is 0 Å². The molecule has 1 aliphatic heterocycles. The highest BCUT2D eigenvalue weighted by molar-refractivity contribution is 6.04. The van der Waals surface area contributed by atoms with Gasteiger partial charge in [-0.15, -0.1) is 0 Å². The van der Waals surface area contributed by atoms with Crippen LogP contribution in [0.5, 0.6) is 0 Å². The zero-order valence-electron chi connectivity index (χ0n) is 23.1. The maximum Gasteiger partial charge on any atom is 0.416 e. The monoisotopic (exact) mass is 593 g/mol. The van der Waals surface area contributed by atoms with Gasteiger partial charge in [-0.3, -0.25) is 14.0 Å². The summed E-state index contributed by atoms with van der Waals surface area (Å²) in [6.07, 6.45) is 4.56. The van der Waals surface area contributed by atoms with Crippen LogP contribution in [-0.2, 0) is 15.7 Å². The van der Waals surface area contributed by atoms with Crippen molar-refractivity contribution in [2.45, 2.75) is 62.8 Å². The molecule has 4 N–H and O–H groups in total. The van der Waals surface area contributed by atoms with Crippen molar-refractivity contribution in [2.75, 3.05) is 17.7 Å². The van der Waals surface area contributed by atoms with E-state index in [2.05, 4.69) is 20.6 Å². The number of amides is 2. The second kappa shape index (κ2) is 11.6. The molecule has 0 spiro atoms. The van der Waals surface area contributed by atoms with Gasteiger partial charge in [-0.25, -0.2) is 15.0 Å². The lowest BCUT2D eigenvalue weighted by molar-refractivity contribution is -0.137. The quantitative estimate of drug-likeness (QED) is 0.287. The molecule has 2 fully saturated rings. The van der Waals surface area contributed by atoms with Crippen LogP contribution in [0.1, 0.15) is 66.2 Å². The summed E-state index contributed by atoms with van der Waals surface area (Å²) in [4.78, 5) is 38.5. The first-order valence-corrected chi connectivity index (χ1v) is 14.2. The normalized spacial score (nSPS) is 20.7. The summed E-state index contributed by atoms with van der Waals surface area (Å²) in [5, 5.41) is 5.58. The van der Waals surface area contributed by atoms with Crippen molar-refractivity contribution in [3.63, 3.8) is 0 Å². The molecule has 2 aliphatic rings. The number of ether oxygens (including phenoxy) is 1. The van der Waals surface area contributed by atoms with Crippen LogP contribution in [-0.4, -0.2) is 49.9 Å². The lowest BCUT2D eigenvalue weighted by Crippen LogP contribution is -2.43. The van der Waals surface area contributed by atoms with Crippen molar-refractivity contribution in [2.24, 2.45) is 0 Å². The molecule has 3 aromatic heterocycles. The van der Waals surface area contributed by atoms with Gasteiger partial charge in [-0.1, -0.05) is 18.6 Å². The van der Waals surface area contributed by atoms with E-state index in [1.54, 1.807) is 30.5 Å². The van der Waals surface area contributed by atoms with Crippen molar-refractivity contribution in [3.8, 4) is 11.3 Å². The molecule has 4 heterocycles. The minimum atomic E-state index is -4.55. The zero-order chi connectivity index (χ0) is 30.1. The number of nitrogens with one attached hydrogen (secondary N) is 2. The van der Waals surface area contributed by atoms with E-state index < -0.39 is 17.6 Å². The predicted octanol–water partition coefficient (Wildman–Crippen LogP) is 4.97. The van der Waals surface area contributed by atoms with Gasteiger partial charge >= 0.3 is 6.18 Å². The van der Waals surface area contributed by atoms with Crippen molar-refractivity contribution in [1.82, 2.24) is 24.7 Å². The summed E-state index contributed by atoms with van der Waals surface area (Å²) in [6.45, 7) is 0.613. The van der Waals surface area contributed by atoms with E-state index in [1.807, 2.05) is 10.6 Å². The number of hydrogen-bond acceptors (Lipinski definition) is 7. The summed E-state index contributed by atoms with van der Waals surface area (Å²) >= 11 is 0. The minimum absolute atomic E-state index is 0.00884. The minimum Gasteiger partial charge on any atom is -0.382 e. The number of carbonyl (C=O) groups excluding carboxylic acids is 2. The predicted molar refractivity (Wildman–Crippen MR) is 152 cm³/mol. The number of rotatable bonds is 6. The molecule has 13 heteroatoms. The van der Waals surface area contributed by atoms with E-state index in [0.29, 0.717) is 29.2 Å². The topological polar surface area (TPSA) is 137 Å². The second-order valence-electron chi connectivity index (χ2n) is 10.9. The average Bonchev–Trinajstić information content (AvgIpc) is 3.67. The molecule has 224 valence electrons. The fourth-order valence-electron chi connectivity index (χ4n) is 5.85. The first-order valence-electron chi connectivity index (χ1n) is 14.2.